The number of anilines is 1. The van der Waals surface area contributed by atoms with Gasteiger partial charge in [-0.1, -0.05) is 12.1 Å². The Balaban J connectivity index is 2.20. The van der Waals surface area contributed by atoms with Crippen molar-refractivity contribution in [3.8, 4) is 0 Å². The summed E-state index contributed by atoms with van der Waals surface area (Å²) in [7, 11) is -3.78. The van der Waals surface area contributed by atoms with Crippen LogP contribution in [0.4, 0.5) is 18.9 Å². The molecular weight excluding hydrogens is 281 g/mol. The molecule has 0 unspecified atom stereocenters. The maximum Gasteiger partial charge on any atom is 0.405 e. The minimum Gasteiger partial charge on any atom is -0.375 e. The zero-order valence-electron chi connectivity index (χ0n) is 9.87. The van der Waals surface area contributed by atoms with Crippen molar-refractivity contribution in [1.29, 1.82) is 0 Å². The second kappa shape index (κ2) is 5.01. The Hall–Kier alpha value is -1.28. The van der Waals surface area contributed by atoms with Gasteiger partial charge in [0, 0.05) is 6.04 Å². The molecule has 0 amide bonds. The highest BCUT2D eigenvalue weighted by Crippen LogP contribution is 2.26. The highest BCUT2D eigenvalue weighted by molar-refractivity contribution is 7.89. The standard InChI is InChI=1S/C11H13F3N2O2S/c12-11(13,14)7-15-9-3-1-2-4-10(9)19(17,18)16-8-5-6-8/h1-4,8,15-16H,5-7H2. The predicted molar refractivity (Wildman–Crippen MR) is 64.3 cm³/mol. The van der Waals surface area contributed by atoms with Gasteiger partial charge in [0.15, 0.2) is 0 Å². The van der Waals surface area contributed by atoms with Crippen molar-refractivity contribution < 1.29 is 21.6 Å². The molecule has 2 rings (SSSR count). The fourth-order valence-electron chi connectivity index (χ4n) is 1.53. The molecule has 0 aliphatic heterocycles. The van der Waals surface area contributed by atoms with Crippen LogP contribution < -0.4 is 10.0 Å². The van der Waals surface area contributed by atoms with E-state index in [1.807, 2.05) is 0 Å². The molecule has 2 N–H and O–H groups in total. The van der Waals surface area contributed by atoms with E-state index in [2.05, 4.69) is 10.0 Å². The second-order valence-corrected chi connectivity index (χ2v) is 6.04. The van der Waals surface area contributed by atoms with Crippen LogP contribution in [0.15, 0.2) is 29.2 Å². The number of nitrogens with one attached hydrogen (secondary N) is 2. The molecule has 0 aromatic heterocycles. The van der Waals surface area contributed by atoms with Crippen LogP contribution in [0.5, 0.6) is 0 Å². The SMILES string of the molecule is O=S(=O)(NC1CC1)c1ccccc1NCC(F)(F)F. The summed E-state index contributed by atoms with van der Waals surface area (Å²) in [6, 6.07) is 5.45. The third-order valence-electron chi connectivity index (χ3n) is 2.56. The number of hydrogen-bond acceptors (Lipinski definition) is 3. The van der Waals surface area contributed by atoms with Crippen molar-refractivity contribution >= 4 is 15.7 Å². The summed E-state index contributed by atoms with van der Waals surface area (Å²) in [6.45, 7) is -1.27. The molecule has 19 heavy (non-hydrogen) atoms. The Bertz CT molecular complexity index is 553. The minimum atomic E-state index is -4.40. The average molecular weight is 294 g/mol. The first-order valence-corrected chi connectivity index (χ1v) is 7.18. The van der Waals surface area contributed by atoms with Crippen molar-refractivity contribution in [3.05, 3.63) is 24.3 Å². The first-order valence-electron chi connectivity index (χ1n) is 5.70. The Morgan fingerprint density at radius 3 is 2.42 bits per heavy atom. The normalized spacial score (nSPS) is 16.4. The molecule has 4 nitrogen and oxygen atoms in total. The van der Waals surface area contributed by atoms with Gasteiger partial charge in [0.05, 0.1) is 5.69 Å². The fourth-order valence-corrected chi connectivity index (χ4v) is 3.02. The molecule has 106 valence electrons. The van der Waals surface area contributed by atoms with Gasteiger partial charge < -0.3 is 5.32 Å². The maximum atomic E-state index is 12.2. The quantitative estimate of drug-likeness (QED) is 0.874. The molecule has 1 aromatic rings. The maximum absolute atomic E-state index is 12.2. The first kappa shape index (κ1) is 14.1. The Morgan fingerprint density at radius 2 is 1.84 bits per heavy atom. The third-order valence-corrected chi connectivity index (χ3v) is 4.13. The van der Waals surface area contributed by atoms with E-state index in [9.17, 15) is 21.6 Å². The van der Waals surface area contributed by atoms with Crippen LogP contribution in [0.25, 0.3) is 0 Å². The molecule has 0 spiro atoms. The van der Waals surface area contributed by atoms with Gasteiger partial charge in [0.25, 0.3) is 0 Å². The summed E-state index contributed by atoms with van der Waals surface area (Å²) in [5.41, 5.74) is -0.0482. The molecule has 0 atom stereocenters. The molecule has 1 saturated carbocycles. The lowest BCUT2D eigenvalue weighted by Gasteiger charge is -2.14. The third kappa shape index (κ3) is 4.10. The van der Waals surface area contributed by atoms with E-state index in [-0.39, 0.29) is 16.6 Å². The summed E-state index contributed by atoms with van der Waals surface area (Å²) in [4.78, 5) is -0.161. The van der Waals surface area contributed by atoms with E-state index in [0.29, 0.717) is 0 Å². The van der Waals surface area contributed by atoms with Gasteiger partial charge in [0.1, 0.15) is 11.4 Å². The van der Waals surface area contributed by atoms with Crippen LogP contribution in [0.1, 0.15) is 12.8 Å². The van der Waals surface area contributed by atoms with Gasteiger partial charge in [0.2, 0.25) is 10.0 Å². The summed E-state index contributed by atoms with van der Waals surface area (Å²) in [5, 5.41) is 2.11. The summed E-state index contributed by atoms with van der Waals surface area (Å²) < 4.78 is 62.9. The van der Waals surface area contributed by atoms with Crippen molar-refractivity contribution in [2.45, 2.75) is 30.0 Å². The Kier molecular flexibility index (Phi) is 3.73. The average Bonchev–Trinajstić information content (AvgIpc) is 3.09. The largest absolute Gasteiger partial charge is 0.405 e. The second-order valence-electron chi connectivity index (χ2n) is 4.36. The van der Waals surface area contributed by atoms with Gasteiger partial charge in [-0.25, -0.2) is 13.1 Å². The van der Waals surface area contributed by atoms with Crippen LogP contribution in [-0.2, 0) is 10.0 Å². The van der Waals surface area contributed by atoms with Gasteiger partial charge in [-0.2, -0.15) is 13.2 Å². The van der Waals surface area contributed by atoms with Crippen LogP contribution in [0.2, 0.25) is 0 Å². The molecule has 0 radical (unpaired) electrons. The van der Waals surface area contributed by atoms with Crippen molar-refractivity contribution in [2.75, 3.05) is 11.9 Å². The van der Waals surface area contributed by atoms with Gasteiger partial charge in [-0.05, 0) is 25.0 Å². The van der Waals surface area contributed by atoms with Gasteiger partial charge in [-0.3, -0.25) is 0 Å². The molecule has 1 aromatic carbocycles. The summed E-state index contributed by atoms with van der Waals surface area (Å²) >= 11 is 0. The number of benzene rings is 1. The number of halogens is 3. The van der Waals surface area contributed by atoms with Crippen molar-refractivity contribution in [3.63, 3.8) is 0 Å². The zero-order chi connectivity index (χ0) is 14.1. The van der Waals surface area contributed by atoms with Crippen molar-refractivity contribution in [1.82, 2.24) is 4.72 Å². The van der Waals surface area contributed by atoms with E-state index >= 15 is 0 Å². The minimum absolute atomic E-state index is 0.0482. The number of hydrogen-bond donors (Lipinski definition) is 2. The van der Waals surface area contributed by atoms with Crippen LogP contribution >= 0.6 is 0 Å². The fraction of sp³-hybridized carbons (Fsp3) is 0.455. The Labute approximate surface area is 109 Å². The number of rotatable bonds is 5. The highest BCUT2D eigenvalue weighted by Gasteiger charge is 2.31. The number of para-hydroxylation sites is 1. The van der Waals surface area contributed by atoms with Gasteiger partial charge in [-0.15, -0.1) is 0 Å². The molecule has 8 heteroatoms. The predicted octanol–water partition coefficient (Wildman–Crippen LogP) is 2.10. The van der Waals surface area contributed by atoms with Crippen LogP contribution in [-0.4, -0.2) is 27.2 Å². The van der Waals surface area contributed by atoms with E-state index in [0.717, 1.165) is 12.8 Å². The summed E-state index contributed by atoms with van der Waals surface area (Å²) in [5.74, 6) is 0. The monoisotopic (exact) mass is 294 g/mol. The van der Waals surface area contributed by atoms with Crippen molar-refractivity contribution in [2.24, 2.45) is 0 Å². The molecule has 1 aliphatic rings. The first-order chi connectivity index (χ1) is 8.78. The lowest BCUT2D eigenvalue weighted by molar-refractivity contribution is -0.115. The number of alkyl halides is 3. The molecule has 1 aliphatic carbocycles. The topological polar surface area (TPSA) is 58.2 Å². The molecule has 0 bridgehead atoms. The molecular formula is C11H13F3N2O2S. The lowest BCUT2D eigenvalue weighted by atomic mass is 10.3. The van der Waals surface area contributed by atoms with Crippen LogP contribution in [0.3, 0.4) is 0 Å². The Morgan fingerprint density at radius 1 is 1.21 bits per heavy atom. The zero-order valence-corrected chi connectivity index (χ0v) is 10.7. The van der Waals surface area contributed by atoms with E-state index < -0.39 is 22.7 Å². The van der Waals surface area contributed by atoms with E-state index in [4.69, 9.17) is 0 Å². The van der Waals surface area contributed by atoms with E-state index in [1.54, 1.807) is 0 Å². The van der Waals surface area contributed by atoms with Gasteiger partial charge >= 0.3 is 6.18 Å². The molecule has 0 saturated heterocycles. The number of sulfonamides is 1. The lowest BCUT2D eigenvalue weighted by Crippen LogP contribution is -2.28. The highest BCUT2D eigenvalue weighted by atomic mass is 32.2. The molecule has 0 heterocycles. The summed E-state index contributed by atoms with van der Waals surface area (Å²) in [6.07, 6.45) is -2.88. The van der Waals surface area contributed by atoms with E-state index in [1.165, 1.54) is 24.3 Å². The smallest absolute Gasteiger partial charge is 0.375 e. The van der Waals surface area contributed by atoms with Crippen LogP contribution in [0, 0.1) is 0 Å². The molecule has 1 fully saturated rings.